The zero-order valence-corrected chi connectivity index (χ0v) is 32.3. The highest BCUT2D eigenvalue weighted by molar-refractivity contribution is 6.74. The van der Waals surface area contributed by atoms with Gasteiger partial charge in [-0.15, -0.1) is 0 Å². The van der Waals surface area contributed by atoms with Gasteiger partial charge in [0.15, 0.2) is 16.6 Å². The van der Waals surface area contributed by atoms with Gasteiger partial charge in [-0.3, -0.25) is 9.59 Å². The van der Waals surface area contributed by atoms with Gasteiger partial charge >= 0.3 is 5.97 Å². The molecule has 1 aliphatic carbocycles. The lowest BCUT2D eigenvalue weighted by Crippen LogP contribution is -2.45. The van der Waals surface area contributed by atoms with Crippen molar-refractivity contribution >= 4 is 28.4 Å². The Morgan fingerprint density at radius 2 is 1.58 bits per heavy atom. The van der Waals surface area contributed by atoms with Gasteiger partial charge in [0.1, 0.15) is 18.1 Å². The van der Waals surface area contributed by atoms with Gasteiger partial charge in [-0.25, -0.2) is 0 Å². The molecule has 254 valence electrons. The van der Waals surface area contributed by atoms with Crippen LogP contribution in [-0.2, 0) is 23.2 Å². The maximum Gasteiger partial charge on any atom is 0.306 e. The van der Waals surface area contributed by atoms with Crippen molar-refractivity contribution in [2.45, 2.75) is 142 Å². The van der Waals surface area contributed by atoms with Crippen LogP contribution in [0.4, 0.5) is 0 Å². The van der Waals surface area contributed by atoms with Crippen LogP contribution in [0.2, 0.25) is 36.3 Å². The fourth-order valence-corrected chi connectivity index (χ4v) is 7.47. The van der Waals surface area contributed by atoms with Crippen molar-refractivity contribution in [1.29, 1.82) is 0 Å². The summed E-state index contributed by atoms with van der Waals surface area (Å²) in [5.74, 6) is 0.679. The van der Waals surface area contributed by atoms with Crippen molar-refractivity contribution in [2.75, 3.05) is 6.61 Å². The predicted octanol–water partition coefficient (Wildman–Crippen LogP) is 9.68. The summed E-state index contributed by atoms with van der Waals surface area (Å²) < 4.78 is 25.2. The first-order chi connectivity index (χ1) is 20.7. The van der Waals surface area contributed by atoms with Crippen molar-refractivity contribution in [3.05, 3.63) is 54.6 Å². The molecule has 8 heteroatoms. The molecule has 4 atom stereocenters. The predicted molar refractivity (Wildman–Crippen MR) is 191 cm³/mol. The molecule has 1 aromatic carbocycles. The Hall–Kier alpha value is -2.01. The largest absolute Gasteiger partial charge is 0.491 e. The van der Waals surface area contributed by atoms with E-state index >= 15 is 0 Å². The van der Waals surface area contributed by atoms with Gasteiger partial charge in [-0.05, 0) is 81.5 Å². The molecule has 1 aromatic rings. The van der Waals surface area contributed by atoms with E-state index in [9.17, 15) is 9.59 Å². The summed E-state index contributed by atoms with van der Waals surface area (Å²) in [6.45, 7) is 26.6. The average molecular weight is 659 g/mol. The summed E-state index contributed by atoms with van der Waals surface area (Å²) in [6.07, 6.45) is 11.0. The van der Waals surface area contributed by atoms with Crippen LogP contribution in [0.1, 0.15) is 87.5 Å². The lowest BCUT2D eigenvalue weighted by Gasteiger charge is -2.40. The molecule has 0 saturated heterocycles. The molecule has 0 aliphatic heterocycles. The third-order valence-electron chi connectivity index (χ3n) is 9.60. The molecule has 45 heavy (non-hydrogen) atoms. The molecule has 0 aromatic heterocycles. The number of ether oxygens (including phenoxy) is 2. The van der Waals surface area contributed by atoms with Crippen molar-refractivity contribution in [3.63, 3.8) is 0 Å². The van der Waals surface area contributed by atoms with E-state index in [1.165, 1.54) is 0 Å². The Balaban J connectivity index is 2.29. The van der Waals surface area contributed by atoms with Crippen molar-refractivity contribution in [2.24, 2.45) is 11.8 Å². The van der Waals surface area contributed by atoms with E-state index in [0.29, 0.717) is 25.9 Å². The summed E-state index contributed by atoms with van der Waals surface area (Å²) in [5.41, 5.74) is 0. The lowest BCUT2D eigenvalue weighted by atomic mass is 9.90. The van der Waals surface area contributed by atoms with Gasteiger partial charge in [0.25, 0.3) is 0 Å². The standard InChI is InChI=1S/C37H62O6Si2/c1-28(2)41-35(39)23-19-14-13-18-22-31-32(34(26-33(31)38)43-45(11,12)37(6,7)8)25-24-30(42-44(9,10)36(3,4)5)27-40-29-20-16-15-17-21-29/h13,15-18,20-21,24-25,28,30-32,34H,14,19,22-23,26-27H2,1-12H3/b18-13-,25-24+/t30-,31-,32-,34?/m1/s1. The number of carbonyl (C=O) groups excluding carboxylic acids is 2. The van der Waals surface area contributed by atoms with Gasteiger partial charge in [-0.1, -0.05) is 84.0 Å². The summed E-state index contributed by atoms with van der Waals surface area (Å²) in [5, 5.41) is 0.0819. The second kappa shape index (κ2) is 16.7. The van der Waals surface area contributed by atoms with Crippen molar-refractivity contribution in [1.82, 2.24) is 0 Å². The summed E-state index contributed by atoms with van der Waals surface area (Å²) in [6, 6.07) is 9.84. The maximum absolute atomic E-state index is 13.5. The van der Waals surface area contributed by atoms with Crippen LogP contribution in [0.3, 0.4) is 0 Å². The van der Waals surface area contributed by atoms with Gasteiger partial charge in [0.05, 0.1) is 18.3 Å². The number of ketones is 1. The first-order valence-corrected chi connectivity index (χ1v) is 22.6. The number of unbranched alkanes of at least 4 members (excludes halogenated alkanes) is 1. The average Bonchev–Trinajstić information content (AvgIpc) is 3.19. The Morgan fingerprint density at radius 1 is 0.956 bits per heavy atom. The number of allylic oxidation sites excluding steroid dienone is 2. The van der Waals surface area contributed by atoms with E-state index in [4.69, 9.17) is 18.3 Å². The number of benzene rings is 1. The van der Waals surface area contributed by atoms with E-state index in [1.54, 1.807) is 0 Å². The molecule has 0 radical (unpaired) electrons. The molecular weight excluding hydrogens is 597 g/mol. The molecule has 0 heterocycles. The van der Waals surface area contributed by atoms with E-state index in [1.807, 2.05) is 44.2 Å². The molecule has 0 spiro atoms. The number of Topliss-reactive ketones (excluding diaryl/α,β-unsaturated/α-hetero) is 1. The summed E-state index contributed by atoms with van der Waals surface area (Å²) >= 11 is 0. The number of hydrogen-bond donors (Lipinski definition) is 0. The molecule has 1 fully saturated rings. The molecule has 0 amide bonds. The third-order valence-corrected chi connectivity index (χ3v) is 18.6. The first kappa shape index (κ1) is 39.2. The normalized spacial score (nSPS) is 20.8. The molecule has 0 bridgehead atoms. The van der Waals surface area contributed by atoms with Crippen LogP contribution in [-0.4, -0.2) is 53.3 Å². The highest BCUT2D eigenvalue weighted by Gasteiger charge is 2.47. The topological polar surface area (TPSA) is 71.1 Å². The number of rotatable bonds is 16. The Labute approximate surface area is 276 Å². The van der Waals surface area contributed by atoms with Gasteiger partial charge in [-0.2, -0.15) is 0 Å². The first-order valence-electron chi connectivity index (χ1n) is 16.8. The van der Waals surface area contributed by atoms with Crippen LogP contribution in [0.5, 0.6) is 5.75 Å². The van der Waals surface area contributed by atoms with Gasteiger partial charge in [0, 0.05) is 24.7 Å². The highest BCUT2D eigenvalue weighted by Crippen LogP contribution is 2.43. The smallest absolute Gasteiger partial charge is 0.306 e. The fourth-order valence-electron chi connectivity index (χ4n) is 4.86. The van der Waals surface area contributed by atoms with Gasteiger partial charge < -0.3 is 18.3 Å². The number of esters is 1. The zero-order valence-electron chi connectivity index (χ0n) is 30.3. The number of para-hydroxylation sites is 1. The Bertz CT molecular complexity index is 1130. The molecule has 6 nitrogen and oxygen atoms in total. The maximum atomic E-state index is 13.5. The van der Waals surface area contributed by atoms with Crippen LogP contribution in [0, 0.1) is 11.8 Å². The molecule has 0 N–H and O–H groups in total. The second-order valence-electron chi connectivity index (χ2n) is 15.8. The number of carbonyl (C=O) groups is 2. The monoisotopic (exact) mass is 658 g/mol. The summed E-state index contributed by atoms with van der Waals surface area (Å²) in [4.78, 5) is 25.4. The van der Waals surface area contributed by atoms with Crippen LogP contribution >= 0.6 is 0 Å². The Kier molecular flexibility index (Phi) is 14.5. The fraction of sp³-hybridized carbons (Fsp3) is 0.676. The van der Waals surface area contributed by atoms with Crippen LogP contribution in [0.25, 0.3) is 0 Å². The molecule has 1 saturated carbocycles. The van der Waals surface area contributed by atoms with E-state index < -0.39 is 16.6 Å². The quantitative estimate of drug-likeness (QED) is 0.0762. The minimum absolute atomic E-state index is 0.0382. The van der Waals surface area contributed by atoms with Crippen molar-refractivity contribution in [3.8, 4) is 5.75 Å². The SMILES string of the molecule is CC(C)OC(=O)CCC/C=C\C[C@H]1C(=O)CC(O[Si](C)(C)C(C)(C)C)[C@@H]1/C=C/[C@H](COc1ccccc1)O[Si](C)(C)C(C)(C)C. The molecular formula is C37H62O6Si2. The van der Waals surface area contributed by atoms with E-state index in [2.05, 4.69) is 92.0 Å². The molecule has 1 aliphatic rings. The van der Waals surface area contributed by atoms with Crippen molar-refractivity contribution < 1.29 is 27.9 Å². The van der Waals surface area contributed by atoms with Crippen LogP contribution < -0.4 is 4.74 Å². The molecule has 2 rings (SSSR count). The third kappa shape index (κ3) is 12.6. The van der Waals surface area contributed by atoms with E-state index in [0.717, 1.165) is 18.6 Å². The van der Waals surface area contributed by atoms with Gasteiger partial charge in [0.2, 0.25) is 0 Å². The minimum Gasteiger partial charge on any atom is -0.491 e. The zero-order chi connectivity index (χ0) is 34.1. The Morgan fingerprint density at radius 3 is 2.16 bits per heavy atom. The minimum atomic E-state index is -2.12. The number of hydrogen-bond acceptors (Lipinski definition) is 6. The van der Waals surface area contributed by atoms with Crippen LogP contribution in [0.15, 0.2) is 54.6 Å². The molecule has 1 unspecified atom stereocenters. The van der Waals surface area contributed by atoms with E-state index in [-0.39, 0.29) is 52.0 Å². The highest BCUT2D eigenvalue weighted by atomic mass is 28.4. The lowest BCUT2D eigenvalue weighted by molar-refractivity contribution is -0.147. The summed E-state index contributed by atoms with van der Waals surface area (Å²) in [7, 11) is -4.23. The second-order valence-corrected chi connectivity index (χ2v) is 25.3.